The number of nitrogens with zero attached hydrogens (tertiary/aromatic N) is 4. The first-order valence-electron chi connectivity index (χ1n) is 20.7. The van der Waals surface area contributed by atoms with Crippen molar-refractivity contribution in [1.29, 1.82) is 10.5 Å². The van der Waals surface area contributed by atoms with E-state index in [-0.39, 0.29) is 0 Å². The number of allylic oxidation sites excluding steroid dienone is 1. The third kappa shape index (κ3) is 4.70. The summed E-state index contributed by atoms with van der Waals surface area (Å²) in [6.07, 6.45) is 6.18. The molecule has 0 aliphatic heterocycles. The summed E-state index contributed by atoms with van der Waals surface area (Å²) >= 11 is 3.58. The molecule has 62 heavy (non-hydrogen) atoms. The Morgan fingerprint density at radius 2 is 1.13 bits per heavy atom. The average molecular weight is 823 g/mol. The number of rotatable bonds is 4. The normalized spacial score (nSPS) is 12.5. The SMILES string of the molecule is N#Cc1c(-c2ccccc2)c(C#N)c(-n2c3ccccc3c3ccc4c5ccccc5sc4c32)c(-c2c#cccc2)c1-n1c2c(c3ccc4c5ccccc5sc4c31)C=CCC2. The molecule has 0 radical (unpaired) electrons. The van der Waals surface area contributed by atoms with Gasteiger partial charge in [-0.2, -0.15) is 10.5 Å². The monoisotopic (exact) mass is 822 g/mol. The molecule has 0 unspecified atom stereocenters. The van der Waals surface area contributed by atoms with E-state index < -0.39 is 0 Å². The van der Waals surface area contributed by atoms with Crippen molar-refractivity contribution in [1.82, 2.24) is 9.13 Å². The topological polar surface area (TPSA) is 57.4 Å². The van der Waals surface area contributed by atoms with Crippen LogP contribution in [0.3, 0.4) is 0 Å². The quantitative estimate of drug-likeness (QED) is 0.178. The maximum atomic E-state index is 11.8. The molecule has 0 fully saturated rings. The van der Waals surface area contributed by atoms with Crippen LogP contribution < -0.4 is 0 Å². The molecule has 0 bridgehead atoms. The number of benzene rings is 7. The molecular formula is C56H30N4S2. The minimum atomic E-state index is 0.432. The van der Waals surface area contributed by atoms with Gasteiger partial charge in [0.2, 0.25) is 0 Å². The molecule has 0 spiro atoms. The predicted octanol–water partition coefficient (Wildman–Crippen LogP) is 15.1. The molecule has 286 valence electrons. The molecule has 0 amide bonds. The standard InChI is InChI=1S/C56H30N4S2/c57-31-43-49(33-15-3-1-4-16-33)44(32-58)52(60-46-24-12-8-20-36(46)40-28-30-42-38-22-10-14-26-48(38)62-56(42)54(40)60)50(34-17-5-2-6-18-34)51(43)59-45-23-11-7-19-35(45)39-27-29-41-37-21-9-13-25-47(37)61-55(41)53(39)59/h1-5,7-11,13-17,19-23,25-30H,12,24H2. The van der Waals surface area contributed by atoms with Crippen LogP contribution in [-0.2, 0) is 6.42 Å². The van der Waals surface area contributed by atoms with Gasteiger partial charge in [-0.15, -0.1) is 22.7 Å². The van der Waals surface area contributed by atoms with Crippen molar-refractivity contribution in [2.75, 3.05) is 0 Å². The van der Waals surface area contributed by atoms with Crippen LogP contribution in [0, 0.1) is 34.8 Å². The van der Waals surface area contributed by atoms with Crippen LogP contribution in [0.25, 0.3) is 113 Å². The maximum Gasteiger partial charge on any atom is 0.102 e. The van der Waals surface area contributed by atoms with Gasteiger partial charge in [-0.1, -0.05) is 140 Å². The Hall–Kier alpha value is -7.92. The molecule has 13 rings (SSSR count). The molecular weight excluding hydrogens is 793 g/mol. The molecule has 0 N–H and O–H groups in total. The number of fused-ring (bicyclic) bond motifs is 14. The summed E-state index contributed by atoms with van der Waals surface area (Å²) in [5, 5.41) is 31.8. The van der Waals surface area contributed by atoms with E-state index in [2.05, 4.69) is 149 Å². The van der Waals surface area contributed by atoms with Gasteiger partial charge >= 0.3 is 0 Å². The van der Waals surface area contributed by atoms with Gasteiger partial charge in [0.15, 0.2) is 0 Å². The number of nitriles is 2. The summed E-state index contributed by atoms with van der Waals surface area (Å²) < 4.78 is 9.47. The van der Waals surface area contributed by atoms with Gasteiger partial charge in [0.05, 0.1) is 48.5 Å². The lowest BCUT2D eigenvalue weighted by Gasteiger charge is -2.26. The first kappa shape index (κ1) is 34.9. The van der Waals surface area contributed by atoms with Crippen LogP contribution in [0.1, 0.15) is 28.8 Å². The first-order chi connectivity index (χ1) is 30.7. The fourth-order valence-electron chi connectivity index (χ4n) is 10.2. The summed E-state index contributed by atoms with van der Waals surface area (Å²) in [6, 6.07) is 63.0. The summed E-state index contributed by atoms with van der Waals surface area (Å²) in [5.41, 5.74) is 10.7. The van der Waals surface area contributed by atoms with Crippen LogP contribution >= 0.6 is 22.7 Å². The minimum Gasteiger partial charge on any atom is -0.309 e. The zero-order valence-electron chi connectivity index (χ0n) is 33.0. The third-order valence-corrected chi connectivity index (χ3v) is 15.1. The first-order valence-corrected chi connectivity index (χ1v) is 22.3. The van der Waals surface area contributed by atoms with Crippen molar-refractivity contribution in [2.45, 2.75) is 12.8 Å². The molecule has 4 heterocycles. The van der Waals surface area contributed by atoms with Crippen molar-refractivity contribution < 1.29 is 0 Å². The van der Waals surface area contributed by atoms with Gasteiger partial charge in [-0.05, 0) is 48.7 Å². The highest BCUT2D eigenvalue weighted by molar-refractivity contribution is 7.27. The zero-order chi connectivity index (χ0) is 41.1. The summed E-state index contributed by atoms with van der Waals surface area (Å²) in [4.78, 5) is 0. The highest BCUT2D eigenvalue weighted by Gasteiger charge is 2.34. The van der Waals surface area contributed by atoms with Gasteiger partial charge in [-0.3, -0.25) is 0 Å². The molecule has 12 aromatic rings. The van der Waals surface area contributed by atoms with Crippen molar-refractivity contribution in [3.8, 4) is 45.8 Å². The fourth-order valence-corrected chi connectivity index (χ4v) is 12.7. The Morgan fingerprint density at radius 1 is 0.532 bits per heavy atom. The van der Waals surface area contributed by atoms with Crippen LogP contribution in [0.5, 0.6) is 0 Å². The molecule has 1 aliphatic carbocycles. The van der Waals surface area contributed by atoms with Crippen LogP contribution in [0.2, 0.25) is 0 Å². The molecule has 0 atom stereocenters. The van der Waals surface area contributed by atoms with E-state index in [0.717, 1.165) is 84.0 Å². The zero-order valence-corrected chi connectivity index (χ0v) is 34.7. The van der Waals surface area contributed by atoms with E-state index in [9.17, 15) is 10.5 Å². The molecule has 8 aromatic carbocycles. The fraction of sp³-hybridized carbons (Fsp3) is 0.0357. The van der Waals surface area contributed by atoms with Gasteiger partial charge in [0, 0.05) is 75.1 Å². The second-order valence-electron chi connectivity index (χ2n) is 15.9. The van der Waals surface area contributed by atoms with Gasteiger partial charge in [-0.25, -0.2) is 0 Å². The van der Waals surface area contributed by atoms with Gasteiger partial charge < -0.3 is 9.13 Å². The minimum absolute atomic E-state index is 0.432. The van der Waals surface area contributed by atoms with E-state index in [0.29, 0.717) is 16.7 Å². The molecule has 0 saturated carbocycles. The molecule has 0 saturated heterocycles. The van der Waals surface area contributed by atoms with Crippen molar-refractivity contribution in [3.05, 3.63) is 186 Å². The Labute approximate surface area is 364 Å². The van der Waals surface area contributed by atoms with Gasteiger partial charge in [0.1, 0.15) is 12.1 Å². The van der Waals surface area contributed by atoms with E-state index >= 15 is 0 Å². The number of aromatic nitrogens is 2. The highest BCUT2D eigenvalue weighted by atomic mass is 32.1. The van der Waals surface area contributed by atoms with E-state index in [1.807, 2.05) is 42.5 Å². The number of para-hydroxylation sites is 1. The molecule has 6 heteroatoms. The second-order valence-corrected chi connectivity index (χ2v) is 18.0. The van der Waals surface area contributed by atoms with Crippen LogP contribution in [-0.4, -0.2) is 9.13 Å². The number of thiophene rings is 2. The summed E-state index contributed by atoms with van der Waals surface area (Å²) in [6.45, 7) is 0. The summed E-state index contributed by atoms with van der Waals surface area (Å²) in [7, 11) is 0. The second kappa shape index (κ2) is 13.3. The lowest BCUT2D eigenvalue weighted by molar-refractivity contribution is 0.888. The highest BCUT2D eigenvalue weighted by Crippen LogP contribution is 2.52. The largest absolute Gasteiger partial charge is 0.309 e. The van der Waals surface area contributed by atoms with Crippen molar-refractivity contribution >= 4 is 102 Å². The molecule has 1 aliphatic rings. The van der Waals surface area contributed by atoms with Crippen molar-refractivity contribution in [3.63, 3.8) is 0 Å². The van der Waals surface area contributed by atoms with E-state index in [1.54, 1.807) is 22.7 Å². The third-order valence-electron chi connectivity index (χ3n) is 12.7. The summed E-state index contributed by atoms with van der Waals surface area (Å²) in [5.74, 6) is 0. The number of hydrogen-bond donors (Lipinski definition) is 0. The Morgan fingerprint density at radius 3 is 1.81 bits per heavy atom. The van der Waals surface area contributed by atoms with E-state index in [1.165, 1.54) is 41.2 Å². The van der Waals surface area contributed by atoms with Gasteiger partial charge in [0.25, 0.3) is 0 Å². The van der Waals surface area contributed by atoms with Crippen molar-refractivity contribution in [2.24, 2.45) is 0 Å². The lowest BCUT2D eigenvalue weighted by atomic mass is 9.86. The maximum absolute atomic E-state index is 11.8. The van der Waals surface area contributed by atoms with E-state index in [4.69, 9.17) is 0 Å². The Balaban J connectivity index is 1.33. The molecule has 4 aromatic heterocycles. The Bertz CT molecular complexity index is 3990. The smallest absolute Gasteiger partial charge is 0.102 e. The molecule has 4 nitrogen and oxygen atoms in total. The van der Waals surface area contributed by atoms with Crippen LogP contribution in [0.4, 0.5) is 0 Å². The average Bonchev–Trinajstić information content (AvgIpc) is 4.09. The number of hydrogen-bond acceptors (Lipinski definition) is 4. The van der Waals surface area contributed by atoms with Crippen LogP contribution in [0.15, 0.2) is 152 Å². The predicted molar refractivity (Wildman–Crippen MR) is 259 cm³/mol. The Kier molecular flexibility index (Phi) is 7.48. The lowest BCUT2D eigenvalue weighted by Crippen LogP contribution is -2.13.